The number of H-pyrrole nitrogens is 1. The molecule has 1 aromatic carbocycles. The molecule has 0 saturated heterocycles. The van der Waals surface area contributed by atoms with Gasteiger partial charge in [0.15, 0.2) is 0 Å². The number of aromatic amines is 1. The van der Waals surface area contributed by atoms with Crippen molar-refractivity contribution >= 4 is 33.6 Å². The van der Waals surface area contributed by atoms with Crippen LogP contribution in [-0.2, 0) is 6.42 Å². The van der Waals surface area contributed by atoms with Gasteiger partial charge in [-0.25, -0.2) is 4.98 Å². The van der Waals surface area contributed by atoms with Crippen molar-refractivity contribution in [2.24, 2.45) is 0 Å². The second-order valence-electron chi connectivity index (χ2n) is 4.78. The van der Waals surface area contributed by atoms with Crippen molar-refractivity contribution in [2.75, 3.05) is 11.1 Å². The molecule has 2 heterocycles. The molecule has 0 aliphatic carbocycles. The predicted octanol–water partition coefficient (Wildman–Crippen LogP) is 3.34. The van der Waals surface area contributed by atoms with Crippen molar-refractivity contribution in [3.8, 4) is 0 Å². The van der Waals surface area contributed by atoms with Gasteiger partial charge in [0.2, 0.25) is 0 Å². The standard InChI is InChI=1S/C14H17N5S/c1-3-10-7-16-14(20-10)8(2)18-13-5-12-9(4-11(13)15)6-17-19-12/h4-8,18H,3,15H2,1-2H3,(H,17,19). The first-order chi connectivity index (χ1) is 9.67. The highest BCUT2D eigenvalue weighted by Crippen LogP contribution is 2.29. The highest BCUT2D eigenvalue weighted by molar-refractivity contribution is 7.11. The van der Waals surface area contributed by atoms with E-state index in [0.717, 1.165) is 33.7 Å². The number of fused-ring (bicyclic) bond motifs is 1. The number of hydrogen-bond donors (Lipinski definition) is 3. The molecule has 2 aromatic heterocycles. The van der Waals surface area contributed by atoms with Gasteiger partial charge in [0, 0.05) is 16.5 Å². The quantitative estimate of drug-likeness (QED) is 0.643. The molecule has 3 rings (SSSR count). The maximum absolute atomic E-state index is 6.08. The number of benzene rings is 1. The minimum atomic E-state index is 0.128. The normalized spacial score (nSPS) is 12.7. The summed E-state index contributed by atoms with van der Waals surface area (Å²) in [6.07, 6.45) is 4.74. The average Bonchev–Trinajstić information content (AvgIpc) is 3.07. The van der Waals surface area contributed by atoms with E-state index in [2.05, 4.69) is 34.3 Å². The molecule has 5 nitrogen and oxygen atoms in total. The van der Waals surface area contributed by atoms with Crippen molar-refractivity contribution in [3.05, 3.63) is 34.4 Å². The molecule has 0 bridgehead atoms. The molecule has 1 unspecified atom stereocenters. The number of anilines is 2. The third-order valence-electron chi connectivity index (χ3n) is 3.27. The lowest BCUT2D eigenvalue weighted by Crippen LogP contribution is -2.08. The molecule has 20 heavy (non-hydrogen) atoms. The fourth-order valence-corrected chi connectivity index (χ4v) is 2.97. The summed E-state index contributed by atoms with van der Waals surface area (Å²) in [4.78, 5) is 5.76. The SMILES string of the molecule is CCc1cnc(C(C)Nc2cc3[nH]ncc3cc2N)s1. The molecule has 0 radical (unpaired) electrons. The Morgan fingerprint density at radius 2 is 2.25 bits per heavy atom. The summed E-state index contributed by atoms with van der Waals surface area (Å²) in [5, 5.41) is 12.5. The van der Waals surface area contributed by atoms with Crippen LogP contribution in [0.4, 0.5) is 11.4 Å². The Kier molecular flexibility index (Phi) is 3.31. The summed E-state index contributed by atoms with van der Waals surface area (Å²) in [6.45, 7) is 4.23. The monoisotopic (exact) mass is 287 g/mol. The third kappa shape index (κ3) is 2.34. The van der Waals surface area contributed by atoms with Gasteiger partial charge in [-0.2, -0.15) is 5.10 Å². The molecule has 4 N–H and O–H groups in total. The Bertz CT molecular complexity index is 730. The van der Waals surface area contributed by atoms with Crippen molar-refractivity contribution in [3.63, 3.8) is 0 Å². The van der Waals surface area contributed by atoms with Gasteiger partial charge in [0.1, 0.15) is 5.01 Å². The number of hydrogen-bond acceptors (Lipinski definition) is 5. The number of aromatic nitrogens is 3. The predicted molar refractivity (Wildman–Crippen MR) is 84.0 cm³/mol. The highest BCUT2D eigenvalue weighted by Gasteiger charge is 2.12. The number of nitrogens with one attached hydrogen (secondary N) is 2. The first-order valence-corrected chi connectivity index (χ1v) is 7.42. The van der Waals surface area contributed by atoms with Crippen LogP contribution in [0.15, 0.2) is 24.5 Å². The molecule has 0 saturated carbocycles. The van der Waals surface area contributed by atoms with Gasteiger partial charge in [0.25, 0.3) is 0 Å². The molecule has 1 atom stereocenters. The van der Waals surface area contributed by atoms with Crippen molar-refractivity contribution in [1.29, 1.82) is 0 Å². The first kappa shape index (κ1) is 12.9. The molecule has 6 heteroatoms. The van der Waals surface area contributed by atoms with E-state index in [9.17, 15) is 0 Å². The summed E-state index contributed by atoms with van der Waals surface area (Å²) < 4.78 is 0. The highest BCUT2D eigenvalue weighted by atomic mass is 32.1. The van der Waals surface area contributed by atoms with E-state index in [1.54, 1.807) is 17.5 Å². The van der Waals surface area contributed by atoms with Crippen LogP contribution in [0.3, 0.4) is 0 Å². The Labute approximate surface area is 121 Å². The summed E-state index contributed by atoms with van der Waals surface area (Å²) >= 11 is 1.74. The lowest BCUT2D eigenvalue weighted by molar-refractivity contribution is 0.870. The van der Waals surface area contributed by atoms with Crippen LogP contribution in [0.5, 0.6) is 0 Å². The lowest BCUT2D eigenvalue weighted by atomic mass is 10.2. The zero-order valence-electron chi connectivity index (χ0n) is 11.5. The second kappa shape index (κ2) is 5.13. The van der Waals surface area contributed by atoms with E-state index < -0.39 is 0 Å². The molecule has 0 spiro atoms. The van der Waals surface area contributed by atoms with Gasteiger partial charge >= 0.3 is 0 Å². The summed E-state index contributed by atoms with van der Waals surface area (Å²) in [5.41, 5.74) is 8.68. The largest absolute Gasteiger partial charge is 0.397 e. The summed E-state index contributed by atoms with van der Waals surface area (Å²) in [5.74, 6) is 0. The number of rotatable bonds is 4. The van der Waals surface area contributed by atoms with Crippen LogP contribution in [-0.4, -0.2) is 15.2 Å². The molecule has 3 aromatic rings. The second-order valence-corrected chi connectivity index (χ2v) is 5.93. The average molecular weight is 287 g/mol. The van der Waals surface area contributed by atoms with Crippen LogP contribution < -0.4 is 11.1 Å². The minimum Gasteiger partial charge on any atom is -0.397 e. The van der Waals surface area contributed by atoms with E-state index in [4.69, 9.17) is 5.73 Å². The Morgan fingerprint density at radius 1 is 1.40 bits per heavy atom. The Hall–Kier alpha value is -2.08. The maximum atomic E-state index is 6.08. The molecular weight excluding hydrogens is 270 g/mol. The Morgan fingerprint density at radius 3 is 3.00 bits per heavy atom. The van der Waals surface area contributed by atoms with Crippen molar-refractivity contribution < 1.29 is 0 Å². The van der Waals surface area contributed by atoms with Crippen molar-refractivity contribution in [2.45, 2.75) is 26.3 Å². The molecular formula is C14H17N5S. The zero-order chi connectivity index (χ0) is 14.1. The van der Waals surface area contributed by atoms with Crippen LogP contribution in [0.25, 0.3) is 10.9 Å². The van der Waals surface area contributed by atoms with Gasteiger partial charge in [-0.1, -0.05) is 6.92 Å². The molecule has 0 amide bonds. The van der Waals surface area contributed by atoms with Crippen LogP contribution in [0.1, 0.15) is 29.8 Å². The van der Waals surface area contributed by atoms with E-state index >= 15 is 0 Å². The van der Waals surface area contributed by atoms with Crippen LogP contribution in [0.2, 0.25) is 0 Å². The van der Waals surface area contributed by atoms with Gasteiger partial charge < -0.3 is 11.1 Å². The molecule has 0 fully saturated rings. The van der Waals surface area contributed by atoms with E-state index in [1.807, 2.05) is 18.3 Å². The number of nitrogens with zero attached hydrogens (tertiary/aromatic N) is 2. The fraction of sp³-hybridized carbons (Fsp3) is 0.286. The van der Waals surface area contributed by atoms with E-state index in [0.29, 0.717) is 0 Å². The maximum Gasteiger partial charge on any atom is 0.115 e. The van der Waals surface area contributed by atoms with E-state index in [-0.39, 0.29) is 6.04 Å². The smallest absolute Gasteiger partial charge is 0.115 e. The van der Waals surface area contributed by atoms with E-state index in [1.165, 1.54) is 4.88 Å². The van der Waals surface area contributed by atoms with Crippen LogP contribution >= 0.6 is 11.3 Å². The molecule has 104 valence electrons. The lowest BCUT2D eigenvalue weighted by Gasteiger charge is -2.14. The number of nitrogens with two attached hydrogens (primary N) is 1. The van der Waals surface area contributed by atoms with Crippen molar-refractivity contribution in [1.82, 2.24) is 15.2 Å². The van der Waals surface area contributed by atoms with Gasteiger partial charge in [-0.15, -0.1) is 11.3 Å². The third-order valence-corrected chi connectivity index (χ3v) is 4.60. The molecule has 0 aliphatic rings. The summed E-state index contributed by atoms with van der Waals surface area (Å²) in [7, 11) is 0. The number of aryl methyl sites for hydroxylation is 1. The number of thiazole rings is 1. The zero-order valence-corrected chi connectivity index (χ0v) is 12.3. The fourth-order valence-electron chi connectivity index (χ4n) is 2.12. The van der Waals surface area contributed by atoms with Gasteiger partial charge in [0.05, 0.1) is 29.1 Å². The first-order valence-electron chi connectivity index (χ1n) is 6.61. The molecule has 0 aliphatic heterocycles. The number of nitrogen functional groups attached to an aromatic ring is 1. The van der Waals surface area contributed by atoms with Crippen LogP contribution in [0, 0.1) is 0 Å². The topological polar surface area (TPSA) is 79.6 Å². The Balaban J connectivity index is 1.86. The summed E-state index contributed by atoms with van der Waals surface area (Å²) in [6, 6.07) is 4.04. The minimum absolute atomic E-state index is 0.128. The van der Waals surface area contributed by atoms with Gasteiger partial charge in [-0.05, 0) is 25.5 Å². The van der Waals surface area contributed by atoms with Gasteiger partial charge in [-0.3, -0.25) is 5.10 Å².